The minimum atomic E-state index is -0.861. The number of carbonyl (C=O) groups is 2. The Morgan fingerprint density at radius 3 is 2.71 bits per heavy atom. The van der Waals surface area contributed by atoms with Crippen molar-refractivity contribution in [1.82, 2.24) is 5.32 Å². The third-order valence-corrected chi connectivity index (χ3v) is 5.52. The Bertz CT molecular complexity index is 523. The van der Waals surface area contributed by atoms with Gasteiger partial charge in [0.05, 0.1) is 11.8 Å². The third kappa shape index (κ3) is 5.04. The van der Waals surface area contributed by atoms with Crippen molar-refractivity contribution in [1.29, 1.82) is 0 Å². The number of benzene rings is 1. The van der Waals surface area contributed by atoms with Crippen molar-refractivity contribution in [3.05, 3.63) is 28.7 Å². The number of thioether (sulfide) groups is 1. The number of rotatable bonds is 8. The summed E-state index contributed by atoms with van der Waals surface area (Å²) in [4.78, 5) is 23.5. The minimum absolute atomic E-state index is 0.110. The molecule has 6 heteroatoms. The van der Waals surface area contributed by atoms with Crippen molar-refractivity contribution in [2.75, 3.05) is 12.3 Å². The Kier molecular flexibility index (Phi) is 6.11. The molecule has 1 amide bonds. The van der Waals surface area contributed by atoms with E-state index in [0.29, 0.717) is 13.0 Å². The van der Waals surface area contributed by atoms with Crippen LogP contribution in [0.3, 0.4) is 0 Å². The van der Waals surface area contributed by atoms with Crippen LogP contribution in [0.5, 0.6) is 0 Å². The predicted octanol–water partition coefficient (Wildman–Crippen LogP) is 3.16. The summed E-state index contributed by atoms with van der Waals surface area (Å²) in [5.41, 5.74) is 0. The maximum atomic E-state index is 11.6. The first-order valence-corrected chi connectivity index (χ1v) is 8.75. The van der Waals surface area contributed by atoms with Crippen LogP contribution >= 0.6 is 27.7 Å². The molecule has 2 rings (SSSR count). The highest BCUT2D eigenvalue weighted by atomic mass is 79.9. The molecule has 0 heterocycles. The van der Waals surface area contributed by atoms with E-state index in [1.807, 2.05) is 18.2 Å². The Balaban J connectivity index is 1.54. The number of aliphatic carboxylic acids is 1. The second-order valence-electron chi connectivity index (χ2n) is 5.06. The molecule has 1 aromatic rings. The molecule has 0 radical (unpaired) electrons. The highest BCUT2D eigenvalue weighted by Crippen LogP contribution is 2.38. The number of halogens is 1. The molecule has 2 unspecified atom stereocenters. The fraction of sp³-hybridized carbons (Fsp3) is 0.467. The number of hydrogen-bond acceptors (Lipinski definition) is 3. The van der Waals surface area contributed by atoms with Crippen molar-refractivity contribution in [3.63, 3.8) is 0 Å². The number of unbranched alkanes of at least 4 members (excludes halogenated alkanes) is 1. The van der Waals surface area contributed by atoms with Crippen LogP contribution in [-0.2, 0) is 9.59 Å². The monoisotopic (exact) mass is 371 g/mol. The minimum Gasteiger partial charge on any atom is -0.481 e. The molecule has 1 aliphatic rings. The average molecular weight is 372 g/mol. The molecule has 1 aliphatic carbocycles. The summed E-state index contributed by atoms with van der Waals surface area (Å²) in [6.07, 6.45) is 2.41. The molecule has 0 saturated heterocycles. The molecule has 1 aromatic carbocycles. The Hall–Kier alpha value is -1.01. The molecular formula is C15H18BrNO3S. The van der Waals surface area contributed by atoms with Crippen molar-refractivity contribution in [2.24, 2.45) is 11.8 Å². The number of amides is 1. The van der Waals surface area contributed by atoms with Gasteiger partial charge in [0, 0.05) is 15.9 Å². The van der Waals surface area contributed by atoms with E-state index in [0.717, 1.165) is 23.1 Å². The number of carboxylic acids is 1. The van der Waals surface area contributed by atoms with E-state index in [-0.39, 0.29) is 11.8 Å². The van der Waals surface area contributed by atoms with Gasteiger partial charge in [-0.3, -0.25) is 9.59 Å². The SMILES string of the molecule is O=C(O)C1CC1C(=O)NCCCCSc1ccccc1Br. The zero-order valence-corrected chi connectivity index (χ0v) is 14.0. The molecule has 0 aromatic heterocycles. The second kappa shape index (κ2) is 7.84. The maximum absolute atomic E-state index is 11.6. The first kappa shape index (κ1) is 16.4. The summed E-state index contributed by atoms with van der Waals surface area (Å²) in [6, 6.07) is 8.11. The van der Waals surface area contributed by atoms with Gasteiger partial charge in [-0.05, 0) is 53.1 Å². The van der Waals surface area contributed by atoms with Gasteiger partial charge >= 0.3 is 5.97 Å². The predicted molar refractivity (Wildman–Crippen MR) is 86.3 cm³/mol. The van der Waals surface area contributed by atoms with Crippen LogP contribution in [0.2, 0.25) is 0 Å². The van der Waals surface area contributed by atoms with Crippen LogP contribution in [0.1, 0.15) is 19.3 Å². The van der Waals surface area contributed by atoms with Gasteiger partial charge in [0.2, 0.25) is 5.91 Å². The van der Waals surface area contributed by atoms with Gasteiger partial charge < -0.3 is 10.4 Å². The molecular weight excluding hydrogens is 354 g/mol. The lowest BCUT2D eigenvalue weighted by molar-refractivity contribution is -0.140. The van der Waals surface area contributed by atoms with E-state index in [1.54, 1.807) is 11.8 Å². The average Bonchev–Trinajstić information content (AvgIpc) is 3.25. The summed E-state index contributed by atoms with van der Waals surface area (Å²) >= 11 is 5.30. The molecule has 1 saturated carbocycles. The van der Waals surface area contributed by atoms with Crippen molar-refractivity contribution in [3.8, 4) is 0 Å². The van der Waals surface area contributed by atoms with Crippen LogP contribution in [0.4, 0.5) is 0 Å². The topological polar surface area (TPSA) is 66.4 Å². The molecule has 0 aliphatic heterocycles. The Morgan fingerprint density at radius 1 is 1.29 bits per heavy atom. The normalized spacial score (nSPS) is 20.0. The summed E-state index contributed by atoms with van der Waals surface area (Å²) < 4.78 is 1.11. The first-order valence-electron chi connectivity index (χ1n) is 6.97. The van der Waals surface area contributed by atoms with Gasteiger partial charge in [0.25, 0.3) is 0 Å². The van der Waals surface area contributed by atoms with Crippen LogP contribution in [0.25, 0.3) is 0 Å². The van der Waals surface area contributed by atoms with Gasteiger partial charge in [-0.1, -0.05) is 12.1 Å². The summed E-state index contributed by atoms with van der Waals surface area (Å²) in [6.45, 7) is 0.623. The van der Waals surface area contributed by atoms with Gasteiger partial charge in [-0.2, -0.15) is 0 Å². The third-order valence-electron chi connectivity index (χ3n) is 3.41. The largest absolute Gasteiger partial charge is 0.481 e. The van der Waals surface area contributed by atoms with Crippen LogP contribution < -0.4 is 5.32 Å². The lowest BCUT2D eigenvalue weighted by Gasteiger charge is -2.05. The Labute approximate surface area is 136 Å². The fourth-order valence-electron chi connectivity index (χ4n) is 2.07. The number of carbonyl (C=O) groups excluding carboxylic acids is 1. The van der Waals surface area contributed by atoms with E-state index in [2.05, 4.69) is 27.3 Å². The molecule has 114 valence electrons. The standard InChI is InChI=1S/C15H18BrNO3S/c16-12-5-1-2-6-13(12)21-8-4-3-7-17-14(18)10-9-11(10)15(19)20/h1-2,5-6,10-11H,3-4,7-9H2,(H,17,18)(H,19,20). The van der Waals surface area contributed by atoms with Gasteiger partial charge in [0.15, 0.2) is 0 Å². The molecule has 2 atom stereocenters. The number of nitrogens with one attached hydrogen (secondary N) is 1. The van der Waals surface area contributed by atoms with E-state index in [1.165, 1.54) is 4.90 Å². The maximum Gasteiger partial charge on any atom is 0.307 e. The summed E-state index contributed by atoms with van der Waals surface area (Å²) in [7, 11) is 0. The molecule has 2 N–H and O–H groups in total. The highest BCUT2D eigenvalue weighted by Gasteiger charge is 2.48. The van der Waals surface area contributed by atoms with Gasteiger partial charge in [0.1, 0.15) is 0 Å². The smallest absolute Gasteiger partial charge is 0.307 e. The van der Waals surface area contributed by atoms with E-state index < -0.39 is 11.9 Å². The second-order valence-corrected chi connectivity index (χ2v) is 7.06. The molecule has 1 fully saturated rings. The molecule has 21 heavy (non-hydrogen) atoms. The van der Waals surface area contributed by atoms with E-state index in [9.17, 15) is 9.59 Å². The van der Waals surface area contributed by atoms with Crippen LogP contribution in [0.15, 0.2) is 33.6 Å². The van der Waals surface area contributed by atoms with E-state index in [4.69, 9.17) is 5.11 Å². The number of carboxylic acid groups (broad SMARTS) is 1. The zero-order chi connectivity index (χ0) is 15.2. The first-order chi connectivity index (χ1) is 10.1. The van der Waals surface area contributed by atoms with Crippen LogP contribution in [0, 0.1) is 11.8 Å². The lowest BCUT2D eigenvalue weighted by atomic mass is 10.3. The van der Waals surface area contributed by atoms with E-state index >= 15 is 0 Å². The van der Waals surface area contributed by atoms with Crippen LogP contribution in [-0.4, -0.2) is 29.3 Å². The molecule has 4 nitrogen and oxygen atoms in total. The van der Waals surface area contributed by atoms with Gasteiger partial charge in [-0.25, -0.2) is 0 Å². The quantitative estimate of drug-likeness (QED) is 0.544. The summed E-state index contributed by atoms with van der Waals surface area (Å²) in [5, 5.41) is 11.6. The van der Waals surface area contributed by atoms with Crippen molar-refractivity contribution in [2.45, 2.75) is 24.2 Å². The zero-order valence-electron chi connectivity index (χ0n) is 11.5. The van der Waals surface area contributed by atoms with Gasteiger partial charge in [-0.15, -0.1) is 11.8 Å². The van der Waals surface area contributed by atoms with Crippen molar-refractivity contribution >= 4 is 39.6 Å². The highest BCUT2D eigenvalue weighted by molar-refractivity contribution is 9.10. The van der Waals surface area contributed by atoms with Crippen molar-refractivity contribution < 1.29 is 14.7 Å². The molecule has 0 spiro atoms. The fourth-order valence-corrected chi connectivity index (χ4v) is 3.65. The molecule has 0 bridgehead atoms. The Morgan fingerprint density at radius 2 is 2.05 bits per heavy atom. The summed E-state index contributed by atoms with van der Waals surface area (Å²) in [5.74, 6) is -0.742. The number of hydrogen-bond donors (Lipinski definition) is 2. The lowest BCUT2D eigenvalue weighted by Crippen LogP contribution is -2.27.